The molecule has 0 amide bonds. The fraction of sp³-hybridized carbons (Fsp3) is 0.375. The lowest BCUT2D eigenvalue weighted by atomic mass is 10.0. The molecule has 4 heteroatoms. The first kappa shape index (κ1) is 14.3. The van der Waals surface area contributed by atoms with Crippen LogP contribution < -0.4 is 0 Å². The maximum Gasteiger partial charge on any atom is 0.303 e. The second kappa shape index (κ2) is 5.49. The third-order valence-corrected chi connectivity index (χ3v) is 3.50. The maximum absolute atomic E-state index is 11.3. The van der Waals surface area contributed by atoms with Crippen molar-refractivity contribution >= 4 is 18.0 Å². The molecular formula is C16H18O4. The number of hydrogen-bond donors (Lipinski definition) is 0. The molecule has 1 aromatic rings. The van der Waals surface area contributed by atoms with E-state index in [1.807, 2.05) is 25.1 Å². The number of carbonyl (C=O) groups is 2. The van der Waals surface area contributed by atoms with E-state index >= 15 is 0 Å². The first-order chi connectivity index (χ1) is 9.43. The molecule has 20 heavy (non-hydrogen) atoms. The van der Waals surface area contributed by atoms with E-state index in [9.17, 15) is 9.59 Å². The van der Waals surface area contributed by atoms with Crippen molar-refractivity contribution in [2.45, 2.75) is 33.0 Å². The Morgan fingerprint density at radius 1 is 1.10 bits per heavy atom. The van der Waals surface area contributed by atoms with Crippen LogP contribution in [-0.2, 0) is 19.1 Å². The highest BCUT2D eigenvalue weighted by atomic mass is 16.6. The highest BCUT2D eigenvalue weighted by molar-refractivity contribution is 5.68. The van der Waals surface area contributed by atoms with Crippen LogP contribution in [0.1, 0.15) is 49.7 Å². The summed E-state index contributed by atoms with van der Waals surface area (Å²) in [6.07, 6.45) is 0.951. The van der Waals surface area contributed by atoms with E-state index < -0.39 is 6.10 Å². The summed E-state index contributed by atoms with van der Waals surface area (Å²) in [6, 6.07) is 5.74. The van der Waals surface area contributed by atoms with Gasteiger partial charge in [-0.05, 0) is 17.2 Å². The van der Waals surface area contributed by atoms with Gasteiger partial charge in [-0.2, -0.15) is 0 Å². The second-order valence-corrected chi connectivity index (χ2v) is 5.01. The molecule has 1 aliphatic rings. The van der Waals surface area contributed by atoms with Crippen LogP contribution in [0, 0.1) is 5.92 Å². The van der Waals surface area contributed by atoms with Gasteiger partial charge in [-0.15, -0.1) is 0 Å². The van der Waals surface area contributed by atoms with E-state index in [4.69, 9.17) is 9.47 Å². The van der Waals surface area contributed by atoms with Gasteiger partial charge in [0.2, 0.25) is 0 Å². The molecule has 0 radical (unpaired) electrons. The van der Waals surface area contributed by atoms with Crippen molar-refractivity contribution in [1.82, 2.24) is 0 Å². The fourth-order valence-electron chi connectivity index (χ4n) is 2.65. The second-order valence-electron chi connectivity index (χ2n) is 5.01. The van der Waals surface area contributed by atoms with E-state index in [1.165, 1.54) is 13.8 Å². The van der Waals surface area contributed by atoms with Gasteiger partial charge in [0.05, 0.1) is 0 Å². The van der Waals surface area contributed by atoms with E-state index in [1.54, 1.807) is 6.08 Å². The Bertz CT molecular complexity index is 562. The quantitative estimate of drug-likeness (QED) is 0.794. The zero-order chi connectivity index (χ0) is 14.9. The zero-order valence-corrected chi connectivity index (χ0v) is 11.9. The molecule has 3 unspecified atom stereocenters. The Morgan fingerprint density at radius 2 is 1.65 bits per heavy atom. The number of carbonyl (C=O) groups excluding carboxylic acids is 2. The van der Waals surface area contributed by atoms with Crippen LogP contribution in [0.25, 0.3) is 6.08 Å². The molecule has 0 saturated carbocycles. The summed E-state index contributed by atoms with van der Waals surface area (Å²) in [7, 11) is 0. The summed E-state index contributed by atoms with van der Waals surface area (Å²) in [5.41, 5.74) is 2.72. The molecule has 3 atom stereocenters. The lowest BCUT2D eigenvalue weighted by Gasteiger charge is -2.20. The largest absolute Gasteiger partial charge is 0.457 e. The molecule has 0 N–H and O–H groups in total. The van der Waals surface area contributed by atoms with Crippen LogP contribution in [0.2, 0.25) is 0 Å². The number of benzene rings is 1. The number of ether oxygens (including phenoxy) is 2. The molecule has 106 valence electrons. The average molecular weight is 274 g/mol. The molecule has 0 fully saturated rings. The minimum Gasteiger partial charge on any atom is -0.457 e. The Hall–Kier alpha value is -2.10. The predicted molar refractivity (Wildman–Crippen MR) is 74.7 cm³/mol. The van der Waals surface area contributed by atoms with E-state index in [0.29, 0.717) is 0 Å². The van der Waals surface area contributed by atoms with E-state index in [0.717, 1.165) is 16.7 Å². The zero-order valence-electron chi connectivity index (χ0n) is 11.9. The summed E-state index contributed by atoms with van der Waals surface area (Å²) < 4.78 is 10.8. The van der Waals surface area contributed by atoms with Crippen molar-refractivity contribution in [3.8, 4) is 0 Å². The van der Waals surface area contributed by atoms with Gasteiger partial charge in [-0.3, -0.25) is 9.59 Å². The minimum absolute atomic E-state index is 0.113. The highest BCUT2D eigenvalue weighted by Gasteiger charge is 2.42. The summed E-state index contributed by atoms with van der Waals surface area (Å²) >= 11 is 0. The normalized spacial score (nSPS) is 23.9. The van der Waals surface area contributed by atoms with Gasteiger partial charge in [0.1, 0.15) is 12.2 Å². The van der Waals surface area contributed by atoms with Crippen LogP contribution in [0.5, 0.6) is 0 Å². The summed E-state index contributed by atoms with van der Waals surface area (Å²) in [5.74, 6) is -0.804. The van der Waals surface area contributed by atoms with E-state index in [2.05, 4.69) is 6.58 Å². The van der Waals surface area contributed by atoms with Gasteiger partial charge in [0.25, 0.3) is 0 Å². The molecule has 1 aromatic carbocycles. The minimum atomic E-state index is -0.397. The van der Waals surface area contributed by atoms with Crippen molar-refractivity contribution in [3.05, 3.63) is 41.5 Å². The molecule has 0 spiro atoms. The van der Waals surface area contributed by atoms with Crippen LogP contribution >= 0.6 is 0 Å². The molecule has 2 rings (SSSR count). The van der Waals surface area contributed by atoms with Gasteiger partial charge in [-0.1, -0.05) is 31.7 Å². The third kappa shape index (κ3) is 2.59. The summed E-state index contributed by atoms with van der Waals surface area (Å²) in [4.78, 5) is 22.5. The van der Waals surface area contributed by atoms with Crippen LogP contribution in [0.15, 0.2) is 24.8 Å². The lowest BCUT2D eigenvalue weighted by molar-refractivity contribution is -0.156. The average Bonchev–Trinajstić information content (AvgIpc) is 2.63. The molecular weight excluding hydrogens is 256 g/mol. The standard InChI is InChI=1S/C16H18O4/c1-5-12-6-7-13-14(8-12)16(20-11(4)18)9(2)15(13)19-10(3)17/h5-9,15-16H,1H2,2-4H3. The molecule has 0 saturated heterocycles. The van der Waals surface area contributed by atoms with Crippen molar-refractivity contribution in [2.24, 2.45) is 5.92 Å². The Labute approximate surface area is 118 Å². The number of fused-ring (bicyclic) bond motifs is 1. The van der Waals surface area contributed by atoms with Crippen molar-refractivity contribution in [2.75, 3.05) is 0 Å². The topological polar surface area (TPSA) is 52.6 Å². The summed E-state index contributed by atoms with van der Waals surface area (Å²) in [6.45, 7) is 8.40. The molecule has 0 heterocycles. The number of esters is 2. The van der Waals surface area contributed by atoms with Crippen LogP contribution in [0.4, 0.5) is 0 Å². The maximum atomic E-state index is 11.3. The third-order valence-electron chi connectivity index (χ3n) is 3.50. The van der Waals surface area contributed by atoms with Crippen LogP contribution in [-0.4, -0.2) is 11.9 Å². The monoisotopic (exact) mass is 274 g/mol. The first-order valence-electron chi connectivity index (χ1n) is 6.54. The van der Waals surface area contributed by atoms with Gasteiger partial charge in [0, 0.05) is 25.3 Å². The van der Waals surface area contributed by atoms with Crippen molar-refractivity contribution < 1.29 is 19.1 Å². The van der Waals surface area contributed by atoms with Gasteiger partial charge < -0.3 is 9.47 Å². The lowest BCUT2D eigenvalue weighted by Crippen LogP contribution is -2.17. The summed E-state index contributed by atoms with van der Waals surface area (Å²) in [5, 5.41) is 0. The molecule has 0 aliphatic heterocycles. The fourth-order valence-corrected chi connectivity index (χ4v) is 2.65. The SMILES string of the molecule is C=Cc1ccc2c(c1)C(OC(C)=O)C(C)C2OC(C)=O. The van der Waals surface area contributed by atoms with E-state index in [-0.39, 0.29) is 24.0 Å². The van der Waals surface area contributed by atoms with Gasteiger partial charge in [0.15, 0.2) is 0 Å². The van der Waals surface area contributed by atoms with Crippen molar-refractivity contribution in [1.29, 1.82) is 0 Å². The van der Waals surface area contributed by atoms with Crippen LogP contribution in [0.3, 0.4) is 0 Å². The number of rotatable bonds is 3. The Balaban J connectivity index is 2.45. The predicted octanol–water partition coefficient (Wildman–Crippen LogP) is 3.19. The molecule has 4 nitrogen and oxygen atoms in total. The van der Waals surface area contributed by atoms with Gasteiger partial charge >= 0.3 is 11.9 Å². The highest BCUT2D eigenvalue weighted by Crippen LogP contribution is 2.48. The molecule has 0 bridgehead atoms. The molecule has 1 aliphatic carbocycles. The molecule has 0 aromatic heterocycles. The first-order valence-corrected chi connectivity index (χ1v) is 6.54. The van der Waals surface area contributed by atoms with Crippen molar-refractivity contribution in [3.63, 3.8) is 0 Å². The smallest absolute Gasteiger partial charge is 0.303 e. The Kier molecular flexibility index (Phi) is 3.93. The van der Waals surface area contributed by atoms with Gasteiger partial charge in [-0.25, -0.2) is 0 Å². The number of hydrogen-bond acceptors (Lipinski definition) is 4. The Morgan fingerprint density at radius 3 is 2.15 bits per heavy atom.